The lowest BCUT2D eigenvalue weighted by atomic mass is 10.1. The standard InChI is InChI=1S/C20H26N4O2S/c25-19(23-7-3-1-2-4-8-23)14-22-9-11-24(12-10-22)20(26)16-5-6-17-18(13-16)27-15-21-17/h5-6,13,15H,1-4,7-12,14H2. The zero-order valence-corrected chi connectivity index (χ0v) is 16.4. The van der Waals surface area contributed by atoms with Gasteiger partial charge in [-0.2, -0.15) is 0 Å². The molecule has 0 aliphatic carbocycles. The first-order chi connectivity index (χ1) is 13.2. The Morgan fingerprint density at radius 2 is 1.67 bits per heavy atom. The molecule has 0 spiro atoms. The summed E-state index contributed by atoms with van der Waals surface area (Å²) in [6.07, 6.45) is 4.71. The van der Waals surface area contributed by atoms with Crippen LogP contribution in [0.5, 0.6) is 0 Å². The van der Waals surface area contributed by atoms with E-state index in [0.717, 1.165) is 54.8 Å². The molecule has 144 valence electrons. The van der Waals surface area contributed by atoms with Crippen molar-refractivity contribution in [2.75, 3.05) is 45.8 Å². The molecule has 1 aromatic heterocycles. The molecule has 2 saturated heterocycles. The van der Waals surface area contributed by atoms with Crippen molar-refractivity contribution < 1.29 is 9.59 Å². The highest BCUT2D eigenvalue weighted by atomic mass is 32.1. The molecule has 2 aromatic rings. The second-order valence-electron chi connectivity index (χ2n) is 7.40. The van der Waals surface area contributed by atoms with Gasteiger partial charge in [0.15, 0.2) is 0 Å². The topological polar surface area (TPSA) is 56.8 Å². The molecule has 2 aliphatic rings. The van der Waals surface area contributed by atoms with Crippen LogP contribution in [-0.4, -0.2) is 77.3 Å². The van der Waals surface area contributed by atoms with E-state index in [4.69, 9.17) is 0 Å². The van der Waals surface area contributed by atoms with Gasteiger partial charge in [0, 0.05) is 44.8 Å². The molecular weight excluding hydrogens is 360 g/mol. The number of nitrogens with zero attached hydrogens (tertiary/aromatic N) is 4. The van der Waals surface area contributed by atoms with Gasteiger partial charge in [-0.05, 0) is 31.0 Å². The van der Waals surface area contributed by atoms with Gasteiger partial charge in [0.2, 0.25) is 5.91 Å². The van der Waals surface area contributed by atoms with E-state index in [9.17, 15) is 9.59 Å². The van der Waals surface area contributed by atoms with Gasteiger partial charge < -0.3 is 9.80 Å². The minimum absolute atomic E-state index is 0.0730. The average Bonchev–Trinajstić information content (AvgIpc) is 2.99. The molecule has 7 heteroatoms. The molecule has 4 rings (SSSR count). The molecular formula is C20H26N4O2S. The lowest BCUT2D eigenvalue weighted by Crippen LogP contribution is -2.51. The molecule has 0 bridgehead atoms. The van der Waals surface area contributed by atoms with Crippen LogP contribution in [-0.2, 0) is 4.79 Å². The third kappa shape index (κ3) is 4.30. The fourth-order valence-electron chi connectivity index (χ4n) is 3.89. The van der Waals surface area contributed by atoms with Crippen LogP contribution in [0.3, 0.4) is 0 Å². The van der Waals surface area contributed by atoms with E-state index >= 15 is 0 Å². The lowest BCUT2D eigenvalue weighted by molar-refractivity contribution is -0.132. The van der Waals surface area contributed by atoms with Gasteiger partial charge in [0.1, 0.15) is 0 Å². The van der Waals surface area contributed by atoms with E-state index < -0.39 is 0 Å². The molecule has 27 heavy (non-hydrogen) atoms. The van der Waals surface area contributed by atoms with Gasteiger partial charge in [0.05, 0.1) is 22.3 Å². The van der Waals surface area contributed by atoms with Crippen LogP contribution in [0.2, 0.25) is 0 Å². The number of thiazole rings is 1. The van der Waals surface area contributed by atoms with Crippen molar-refractivity contribution in [3.63, 3.8) is 0 Å². The Morgan fingerprint density at radius 1 is 0.926 bits per heavy atom. The highest BCUT2D eigenvalue weighted by Gasteiger charge is 2.25. The summed E-state index contributed by atoms with van der Waals surface area (Å²) in [6, 6.07) is 5.71. The van der Waals surface area contributed by atoms with Crippen molar-refractivity contribution in [1.82, 2.24) is 19.7 Å². The van der Waals surface area contributed by atoms with E-state index in [1.165, 1.54) is 12.8 Å². The van der Waals surface area contributed by atoms with Gasteiger partial charge in [-0.3, -0.25) is 14.5 Å². The average molecular weight is 387 g/mol. The van der Waals surface area contributed by atoms with E-state index in [2.05, 4.69) is 9.88 Å². The Bertz CT molecular complexity index is 805. The van der Waals surface area contributed by atoms with Crippen LogP contribution in [0.25, 0.3) is 10.2 Å². The van der Waals surface area contributed by atoms with Gasteiger partial charge in [0.25, 0.3) is 5.91 Å². The molecule has 2 amide bonds. The van der Waals surface area contributed by atoms with E-state index in [0.29, 0.717) is 19.6 Å². The highest BCUT2D eigenvalue weighted by molar-refractivity contribution is 7.16. The second kappa shape index (κ2) is 8.35. The lowest BCUT2D eigenvalue weighted by Gasteiger charge is -2.35. The summed E-state index contributed by atoms with van der Waals surface area (Å²) in [5.74, 6) is 0.316. The molecule has 0 N–H and O–H groups in total. The molecule has 6 nitrogen and oxygen atoms in total. The Balaban J connectivity index is 1.30. The molecule has 2 fully saturated rings. The Kier molecular flexibility index (Phi) is 5.69. The van der Waals surface area contributed by atoms with Crippen molar-refractivity contribution in [3.05, 3.63) is 29.3 Å². The Morgan fingerprint density at radius 3 is 2.41 bits per heavy atom. The van der Waals surface area contributed by atoms with Crippen LogP contribution < -0.4 is 0 Å². The van der Waals surface area contributed by atoms with Crippen molar-refractivity contribution in [2.24, 2.45) is 0 Å². The van der Waals surface area contributed by atoms with Crippen LogP contribution in [0, 0.1) is 0 Å². The number of likely N-dealkylation sites (tertiary alicyclic amines) is 1. The van der Waals surface area contributed by atoms with Crippen molar-refractivity contribution in [1.29, 1.82) is 0 Å². The zero-order valence-electron chi connectivity index (χ0n) is 15.6. The number of piperazine rings is 1. The maximum Gasteiger partial charge on any atom is 0.253 e. The summed E-state index contributed by atoms with van der Waals surface area (Å²) in [5, 5.41) is 0. The van der Waals surface area contributed by atoms with Crippen LogP contribution in [0.1, 0.15) is 36.0 Å². The molecule has 0 radical (unpaired) electrons. The zero-order chi connectivity index (χ0) is 18.6. The number of carbonyl (C=O) groups is 2. The third-order valence-corrected chi connectivity index (χ3v) is 6.35. The summed E-state index contributed by atoms with van der Waals surface area (Å²) < 4.78 is 1.04. The number of hydrogen-bond donors (Lipinski definition) is 0. The van der Waals surface area contributed by atoms with Crippen LogP contribution in [0.4, 0.5) is 0 Å². The number of fused-ring (bicyclic) bond motifs is 1. The summed E-state index contributed by atoms with van der Waals surface area (Å²) in [6.45, 7) is 5.14. The third-order valence-electron chi connectivity index (χ3n) is 5.56. The summed E-state index contributed by atoms with van der Waals surface area (Å²) in [5.41, 5.74) is 3.47. The summed E-state index contributed by atoms with van der Waals surface area (Å²) >= 11 is 1.56. The molecule has 1 aromatic carbocycles. The molecule has 3 heterocycles. The minimum Gasteiger partial charge on any atom is -0.342 e. The maximum absolute atomic E-state index is 12.8. The first-order valence-corrected chi connectivity index (χ1v) is 10.7. The SMILES string of the molecule is O=C(CN1CCN(C(=O)c2ccc3ncsc3c2)CC1)N1CCCCCC1. The first kappa shape index (κ1) is 18.4. The van der Waals surface area contributed by atoms with Crippen molar-refractivity contribution in [2.45, 2.75) is 25.7 Å². The van der Waals surface area contributed by atoms with Crippen molar-refractivity contribution >= 4 is 33.4 Å². The van der Waals surface area contributed by atoms with Gasteiger partial charge in [-0.25, -0.2) is 4.98 Å². The number of rotatable bonds is 3. The quantitative estimate of drug-likeness (QED) is 0.813. The predicted molar refractivity (Wildman–Crippen MR) is 107 cm³/mol. The van der Waals surface area contributed by atoms with Gasteiger partial charge in [-0.1, -0.05) is 12.8 Å². The largest absolute Gasteiger partial charge is 0.342 e. The number of carbonyl (C=O) groups excluding carboxylic acids is 2. The smallest absolute Gasteiger partial charge is 0.253 e. The Hall–Kier alpha value is -1.99. The van der Waals surface area contributed by atoms with E-state index in [1.807, 2.05) is 28.0 Å². The maximum atomic E-state index is 12.8. The Labute approximate surface area is 163 Å². The fraction of sp³-hybridized carbons (Fsp3) is 0.550. The molecule has 0 atom stereocenters. The summed E-state index contributed by atoms with van der Waals surface area (Å²) in [4.78, 5) is 35.7. The monoisotopic (exact) mass is 386 g/mol. The molecule has 0 saturated carbocycles. The summed E-state index contributed by atoms with van der Waals surface area (Å²) in [7, 11) is 0. The van der Waals surface area contributed by atoms with Crippen LogP contribution >= 0.6 is 11.3 Å². The van der Waals surface area contributed by atoms with Gasteiger partial charge >= 0.3 is 0 Å². The van der Waals surface area contributed by atoms with Crippen molar-refractivity contribution in [3.8, 4) is 0 Å². The van der Waals surface area contributed by atoms with E-state index in [-0.39, 0.29) is 11.8 Å². The number of hydrogen-bond acceptors (Lipinski definition) is 5. The number of amides is 2. The van der Waals surface area contributed by atoms with Gasteiger partial charge in [-0.15, -0.1) is 11.3 Å². The molecule has 2 aliphatic heterocycles. The fourth-order valence-corrected chi connectivity index (χ4v) is 4.61. The predicted octanol–water partition coefficient (Wildman–Crippen LogP) is 2.46. The number of aromatic nitrogens is 1. The normalized spacial score (nSPS) is 19.3. The minimum atomic E-state index is 0.0730. The first-order valence-electron chi connectivity index (χ1n) is 9.83. The second-order valence-corrected chi connectivity index (χ2v) is 8.28. The number of benzene rings is 1. The van der Waals surface area contributed by atoms with E-state index in [1.54, 1.807) is 16.8 Å². The highest BCUT2D eigenvalue weighted by Crippen LogP contribution is 2.20. The molecule has 0 unspecified atom stereocenters. The van der Waals surface area contributed by atoms with Crippen LogP contribution in [0.15, 0.2) is 23.7 Å².